The molecule has 0 amide bonds. The van der Waals surface area contributed by atoms with Crippen LogP contribution in [-0.2, 0) is 6.42 Å². The Morgan fingerprint density at radius 2 is 1.16 bits per heavy atom. The Hall–Kier alpha value is -4.60. The number of rotatable bonds is 0. The van der Waals surface area contributed by atoms with Gasteiger partial charge in [-0.05, 0) is 17.7 Å². The molecule has 6 rings (SSSR count). The summed E-state index contributed by atoms with van der Waals surface area (Å²) in [6.45, 7) is 0. The van der Waals surface area contributed by atoms with Crippen LogP contribution in [0.25, 0.3) is 44.4 Å². The monoisotopic (exact) mass is 416 g/mol. The molecule has 10 nitrogen and oxygen atoms in total. The molecule has 3 heterocycles. The Bertz CT molecular complexity index is 1910. The highest BCUT2D eigenvalue weighted by Gasteiger charge is 2.30. The smallest absolute Gasteiger partial charge is 0.336 e. The standard InChI is InChI=1S/C21H8N2O8/c24-12-3-4-14(26)30-20-11(28-12)2-1-10-17(20)23-18-16(22-10)8-7-9(8)19-21(18)31-15(27)6-5-13(25)29-19/h1-6H,7H2. The quantitative estimate of drug-likeness (QED) is 0.336. The van der Waals surface area contributed by atoms with Crippen LogP contribution >= 0.6 is 0 Å². The van der Waals surface area contributed by atoms with Gasteiger partial charge in [0.1, 0.15) is 11.0 Å². The fraction of sp³-hybridized carbons (Fsp3) is 0.0476. The number of hydrogen-bond donors (Lipinski definition) is 0. The molecule has 0 atom stereocenters. The SMILES string of the molecule is O=c1ccc(=O)oc2c(ccc3nc4c5c(c6oc(=O)ccc(=O)oc6c4nc32)C5)o1. The molecular weight excluding hydrogens is 408 g/mol. The van der Waals surface area contributed by atoms with E-state index in [4.69, 9.17) is 17.7 Å². The molecule has 0 fully saturated rings. The molecule has 0 radical (unpaired) electrons. The van der Waals surface area contributed by atoms with Crippen molar-refractivity contribution in [2.45, 2.75) is 6.42 Å². The maximum absolute atomic E-state index is 12.1. The van der Waals surface area contributed by atoms with Crippen LogP contribution < -0.4 is 22.5 Å². The first-order chi connectivity index (χ1) is 15.0. The number of nitrogens with zero attached hydrogens (tertiary/aromatic N) is 2. The lowest BCUT2D eigenvalue weighted by molar-refractivity contribution is 0.520. The van der Waals surface area contributed by atoms with E-state index in [0.29, 0.717) is 23.0 Å². The van der Waals surface area contributed by atoms with Gasteiger partial charge in [0.25, 0.3) is 0 Å². The van der Waals surface area contributed by atoms with Crippen LogP contribution in [0.3, 0.4) is 0 Å². The summed E-state index contributed by atoms with van der Waals surface area (Å²) in [4.78, 5) is 56.9. The Morgan fingerprint density at radius 3 is 1.87 bits per heavy atom. The minimum atomic E-state index is -0.798. The third kappa shape index (κ3) is 2.65. The largest absolute Gasteiger partial charge is 0.419 e. The zero-order chi connectivity index (χ0) is 21.3. The van der Waals surface area contributed by atoms with Crippen molar-refractivity contribution < 1.29 is 17.7 Å². The summed E-state index contributed by atoms with van der Waals surface area (Å²) in [7, 11) is 0. The van der Waals surface area contributed by atoms with Gasteiger partial charge in [-0.1, -0.05) is 0 Å². The van der Waals surface area contributed by atoms with Gasteiger partial charge in [-0.15, -0.1) is 0 Å². The average Bonchev–Trinajstić information content (AvgIpc) is 3.52. The first kappa shape index (κ1) is 17.3. The second-order valence-corrected chi connectivity index (χ2v) is 6.82. The summed E-state index contributed by atoms with van der Waals surface area (Å²) in [6, 6.07) is 6.80. The molecule has 1 aliphatic rings. The second kappa shape index (κ2) is 5.95. The number of hydrogen-bond acceptors (Lipinski definition) is 10. The third-order valence-electron chi connectivity index (χ3n) is 4.86. The summed E-state index contributed by atoms with van der Waals surface area (Å²) in [5, 5.41) is 0. The van der Waals surface area contributed by atoms with Gasteiger partial charge >= 0.3 is 22.5 Å². The summed E-state index contributed by atoms with van der Waals surface area (Å²) in [5.74, 6) is 0. The van der Waals surface area contributed by atoms with Crippen LogP contribution in [0.2, 0.25) is 0 Å². The summed E-state index contributed by atoms with van der Waals surface area (Å²) < 4.78 is 21.2. The summed E-state index contributed by atoms with van der Waals surface area (Å²) in [5.41, 5.74) is -0.583. The lowest BCUT2D eigenvalue weighted by Gasteiger charge is -2.03. The number of benzene rings is 2. The van der Waals surface area contributed by atoms with E-state index in [2.05, 4.69) is 9.97 Å². The molecule has 3 aromatic heterocycles. The molecule has 0 spiro atoms. The van der Waals surface area contributed by atoms with E-state index in [9.17, 15) is 19.2 Å². The molecule has 10 heteroatoms. The molecule has 0 unspecified atom stereocenters. The lowest BCUT2D eigenvalue weighted by atomic mass is 10.2. The predicted molar refractivity (Wildman–Crippen MR) is 107 cm³/mol. The molecule has 0 aliphatic heterocycles. The van der Waals surface area contributed by atoms with E-state index < -0.39 is 22.5 Å². The molecule has 0 N–H and O–H groups in total. The van der Waals surface area contributed by atoms with E-state index in [-0.39, 0.29) is 33.4 Å². The highest BCUT2D eigenvalue weighted by molar-refractivity contribution is 6.09. The molecule has 150 valence electrons. The lowest BCUT2D eigenvalue weighted by Crippen LogP contribution is -2.01. The van der Waals surface area contributed by atoms with Crippen molar-refractivity contribution in [1.29, 1.82) is 0 Å². The highest BCUT2D eigenvalue weighted by atomic mass is 16.4. The van der Waals surface area contributed by atoms with Gasteiger partial charge in [-0.2, -0.15) is 0 Å². The molecule has 1 aliphatic carbocycles. The third-order valence-corrected chi connectivity index (χ3v) is 4.86. The topological polar surface area (TPSA) is 147 Å². The van der Waals surface area contributed by atoms with Gasteiger partial charge in [-0.25, -0.2) is 29.1 Å². The Balaban J connectivity index is 1.90. The molecule has 5 aromatic rings. The Kier molecular flexibility index (Phi) is 3.32. The molecule has 0 saturated carbocycles. The van der Waals surface area contributed by atoms with E-state index in [1.54, 1.807) is 6.07 Å². The zero-order valence-electron chi connectivity index (χ0n) is 15.3. The highest BCUT2D eigenvalue weighted by Crippen LogP contribution is 2.41. The first-order valence-corrected chi connectivity index (χ1v) is 9.03. The molecule has 2 aromatic carbocycles. The zero-order valence-corrected chi connectivity index (χ0v) is 15.3. The van der Waals surface area contributed by atoms with Crippen molar-refractivity contribution in [3.63, 3.8) is 0 Å². The summed E-state index contributed by atoms with van der Waals surface area (Å²) in [6.07, 6.45) is 0.489. The van der Waals surface area contributed by atoms with Crippen molar-refractivity contribution in [2.75, 3.05) is 0 Å². The fourth-order valence-electron chi connectivity index (χ4n) is 3.47. The summed E-state index contributed by atoms with van der Waals surface area (Å²) >= 11 is 0. The van der Waals surface area contributed by atoms with Crippen LogP contribution in [-0.4, -0.2) is 9.97 Å². The van der Waals surface area contributed by atoms with Crippen molar-refractivity contribution >= 4 is 44.4 Å². The Labute approximate surface area is 168 Å². The minimum Gasteiger partial charge on any atom is -0.419 e. The molecule has 0 saturated heterocycles. The van der Waals surface area contributed by atoms with Gasteiger partial charge < -0.3 is 17.7 Å². The van der Waals surface area contributed by atoms with Gasteiger partial charge in [-0.3, -0.25) is 0 Å². The first-order valence-electron chi connectivity index (χ1n) is 9.03. The van der Waals surface area contributed by atoms with Crippen molar-refractivity contribution in [3.05, 3.63) is 89.2 Å². The van der Waals surface area contributed by atoms with Gasteiger partial charge in [0.2, 0.25) is 11.2 Å². The molecule has 31 heavy (non-hydrogen) atoms. The van der Waals surface area contributed by atoms with Crippen molar-refractivity contribution in [2.24, 2.45) is 0 Å². The Morgan fingerprint density at radius 1 is 0.548 bits per heavy atom. The van der Waals surface area contributed by atoms with Crippen molar-refractivity contribution in [1.82, 2.24) is 9.97 Å². The van der Waals surface area contributed by atoms with Gasteiger partial charge in [0, 0.05) is 36.2 Å². The van der Waals surface area contributed by atoms with E-state index >= 15 is 0 Å². The normalized spacial score (nSPS) is 12.3. The molecular formula is C21H8N2O8. The van der Waals surface area contributed by atoms with E-state index in [1.807, 2.05) is 0 Å². The predicted octanol–water partition coefficient (Wildman–Crippen LogP) is 1.93. The van der Waals surface area contributed by atoms with Gasteiger partial charge in [0.05, 0.1) is 11.0 Å². The van der Waals surface area contributed by atoms with Crippen LogP contribution in [0.1, 0.15) is 11.1 Å². The van der Waals surface area contributed by atoms with Crippen LogP contribution in [0.4, 0.5) is 0 Å². The van der Waals surface area contributed by atoms with Crippen LogP contribution in [0, 0.1) is 0 Å². The fourth-order valence-corrected chi connectivity index (χ4v) is 3.47. The number of fused-ring (bicyclic) bond motifs is 9. The van der Waals surface area contributed by atoms with E-state index in [0.717, 1.165) is 29.8 Å². The average molecular weight is 416 g/mol. The van der Waals surface area contributed by atoms with Crippen molar-refractivity contribution in [3.8, 4) is 0 Å². The van der Waals surface area contributed by atoms with Gasteiger partial charge in [0.15, 0.2) is 11.2 Å². The number of aromatic nitrogens is 2. The van der Waals surface area contributed by atoms with Crippen LogP contribution in [0.5, 0.6) is 0 Å². The van der Waals surface area contributed by atoms with Crippen LogP contribution in [0.15, 0.2) is 73.2 Å². The van der Waals surface area contributed by atoms with E-state index in [1.165, 1.54) is 6.07 Å². The maximum Gasteiger partial charge on any atom is 0.336 e. The minimum absolute atomic E-state index is 0.0233. The second-order valence-electron chi connectivity index (χ2n) is 6.82. The maximum atomic E-state index is 12.1. The molecule has 0 bridgehead atoms.